The second-order valence-corrected chi connectivity index (χ2v) is 4.37. The van der Waals surface area contributed by atoms with Gasteiger partial charge >= 0.3 is 5.97 Å². The summed E-state index contributed by atoms with van der Waals surface area (Å²) in [7, 11) is 0. The predicted octanol–water partition coefficient (Wildman–Crippen LogP) is 2.05. The van der Waals surface area contributed by atoms with Crippen LogP contribution in [-0.4, -0.2) is 29.9 Å². The normalized spacial score (nSPS) is 10.1. The number of rotatable bonds is 7. The Balaban J connectivity index is 2.59. The fourth-order valence-electron chi connectivity index (χ4n) is 1.67. The van der Waals surface area contributed by atoms with Crippen molar-refractivity contribution in [3.63, 3.8) is 0 Å². The zero-order chi connectivity index (χ0) is 15.5. The molecule has 0 unspecified atom stereocenters. The standard InChI is InChI=1S/C16H18N2O3/c1-14(19)21-12-6-5-11-18(16(20)9-10-17)13-15-7-3-2-4-8-15/h2-8H,9,11-13H2,1H3/b6-5+. The molecule has 5 heteroatoms. The van der Waals surface area contributed by atoms with E-state index in [4.69, 9.17) is 10.00 Å². The van der Waals surface area contributed by atoms with Crippen molar-refractivity contribution < 1.29 is 14.3 Å². The Morgan fingerprint density at radius 2 is 2.00 bits per heavy atom. The molecule has 110 valence electrons. The molecule has 0 atom stereocenters. The molecule has 5 nitrogen and oxygen atoms in total. The highest BCUT2D eigenvalue weighted by Gasteiger charge is 2.11. The molecule has 0 aliphatic carbocycles. The zero-order valence-corrected chi connectivity index (χ0v) is 12.0. The van der Waals surface area contributed by atoms with Crippen LogP contribution < -0.4 is 0 Å². The van der Waals surface area contributed by atoms with Crippen molar-refractivity contribution in [3.05, 3.63) is 48.0 Å². The van der Waals surface area contributed by atoms with Gasteiger partial charge in [-0.05, 0) is 11.6 Å². The fraction of sp³-hybridized carbons (Fsp3) is 0.312. The number of esters is 1. The highest BCUT2D eigenvalue weighted by Crippen LogP contribution is 2.06. The highest BCUT2D eigenvalue weighted by molar-refractivity contribution is 5.78. The molecule has 0 fully saturated rings. The molecular formula is C16H18N2O3. The van der Waals surface area contributed by atoms with Crippen LogP contribution in [0.5, 0.6) is 0 Å². The lowest BCUT2D eigenvalue weighted by atomic mass is 10.2. The molecule has 0 N–H and O–H groups in total. The van der Waals surface area contributed by atoms with Crippen molar-refractivity contribution in [2.24, 2.45) is 0 Å². The molecule has 0 saturated heterocycles. The topological polar surface area (TPSA) is 70.4 Å². The largest absolute Gasteiger partial charge is 0.462 e. The van der Waals surface area contributed by atoms with Gasteiger partial charge in [-0.3, -0.25) is 9.59 Å². The van der Waals surface area contributed by atoms with Crippen LogP contribution in [0.25, 0.3) is 0 Å². The van der Waals surface area contributed by atoms with Crippen LogP contribution in [-0.2, 0) is 20.9 Å². The summed E-state index contributed by atoms with van der Waals surface area (Å²) in [6.45, 7) is 2.34. The van der Waals surface area contributed by atoms with Gasteiger partial charge in [0.05, 0.1) is 6.07 Å². The molecule has 1 aromatic rings. The van der Waals surface area contributed by atoms with Crippen LogP contribution in [0.4, 0.5) is 0 Å². The van der Waals surface area contributed by atoms with E-state index in [1.165, 1.54) is 6.92 Å². The number of ether oxygens (including phenoxy) is 1. The monoisotopic (exact) mass is 286 g/mol. The van der Waals surface area contributed by atoms with E-state index >= 15 is 0 Å². The molecule has 1 aromatic carbocycles. The summed E-state index contributed by atoms with van der Waals surface area (Å²) < 4.78 is 4.77. The van der Waals surface area contributed by atoms with E-state index in [9.17, 15) is 9.59 Å². The molecule has 0 spiro atoms. The summed E-state index contributed by atoms with van der Waals surface area (Å²) in [5.74, 6) is -0.570. The molecule has 0 aliphatic heterocycles. The van der Waals surface area contributed by atoms with Gasteiger partial charge in [-0.1, -0.05) is 36.4 Å². The summed E-state index contributed by atoms with van der Waals surface area (Å²) in [4.78, 5) is 24.1. The van der Waals surface area contributed by atoms with E-state index in [1.54, 1.807) is 17.1 Å². The summed E-state index contributed by atoms with van der Waals surface area (Å²) in [5.41, 5.74) is 0.997. The van der Waals surface area contributed by atoms with E-state index in [-0.39, 0.29) is 24.9 Å². The van der Waals surface area contributed by atoms with E-state index in [1.807, 2.05) is 36.4 Å². The lowest BCUT2D eigenvalue weighted by Gasteiger charge is -2.20. The van der Waals surface area contributed by atoms with Gasteiger partial charge in [-0.15, -0.1) is 0 Å². The van der Waals surface area contributed by atoms with Crippen LogP contribution in [0.15, 0.2) is 42.5 Å². The highest BCUT2D eigenvalue weighted by atomic mass is 16.5. The first-order valence-electron chi connectivity index (χ1n) is 6.60. The van der Waals surface area contributed by atoms with E-state index < -0.39 is 0 Å². The first-order valence-corrected chi connectivity index (χ1v) is 6.60. The lowest BCUT2D eigenvalue weighted by molar-refractivity contribution is -0.139. The molecular weight excluding hydrogens is 268 g/mol. The van der Waals surface area contributed by atoms with Crippen molar-refractivity contribution in [1.29, 1.82) is 5.26 Å². The Morgan fingerprint density at radius 1 is 1.29 bits per heavy atom. The molecule has 0 aromatic heterocycles. The Hall–Kier alpha value is -2.61. The number of hydrogen-bond acceptors (Lipinski definition) is 4. The number of nitriles is 1. The first kappa shape index (κ1) is 16.4. The minimum Gasteiger partial charge on any atom is -0.462 e. The van der Waals surface area contributed by atoms with Crippen LogP contribution in [0.2, 0.25) is 0 Å². The van der Waals surface area contributed by atoms with Crippen molar-refractivity contribution in [1.82, 2.24) is 4.90 Å². The number of carbonyl (C=O) groups is 2. The van der Waals surface area contributed by atoms with Gasteiger partial charge in [0.15, 0.2) is 0 Å². The maximum atomic E-state index is 11.9. The average molecular weight is 286 g/mol. The van der Waals surface area contributed by atoms with Crippen LogP contribution in [0, 0.1) is 11.3 Å². The molecule has 0 heterocycles. The molecule has 0 radical (unpaired) electrons. The second kappa shape index (κ2) is 9.32. The number of hydrogen-bond donors (Lipinski definition) is 0. The Labute approximate surface area is 124 Å². The summed E-state index contributed by atoms with van der Waals surface area (Å²) in [6.07, 6.45) is 3.28. The van der Waals surface area contributed by atoms with Gasteiger partial charge in [0.25, 0.3) is 0 Å². The maximum Gasteiger partial charge on any atom is 0.302 e. The quantitative estimate of drug-likeness (QED) is 0.568. The van der Waals surface area contributed by atoms with Gasteiger partial charge in [-0.2, -0.15) is 5.26 Å². The summed E-state index contributed by atoms with van der Waals surface area (Å²) in [6, 6.07) is 11.4. The van der Waals surface area contributed by atoms with Gasteiger partial charge < -0.3 is 9.64 Å². The third-order valence-electron chi connectivity index (χ3n) is 2.67. The maximum absolute atomic E-state index is 11.9. The Bertz CT molecular complexity index is 532. The van der Waals surface area contributed by atoms with E-state index in [0.29, 0.717) is 13.1 Å². The van der Waals surface area contributed by atoms with Crippen LogP contribution in [0.3, 0.4) is 0 Å². The molecule has 1 amide bonds. The molecule has 0 aliphatic rings. The van der Waals surface area contributed by atoms with Crippen LogP contribution >= 0.6 is 0 Å². The van der Waals surface area contributed by atoms with Gasteiger partial charge in [0.2, 0.25) is 5.91 Å². The minimum absolute atomic E-state index is 0.148. The second-order valence-electron chi connectivity index (χ2n) is 4.37. The summed E-state index contributed by atoms with van der Waals surface area (Å²) >= 11 is 0. The molecule has 0 saturated carbocycles. The smallest absolute Gasteiger partial charge is 0.302 e. The van der Waals surface area contributed by atoms with E-state index in [2.05, 4.69) is 0 Å². The summed E-state index contributed by atoms with van der Waals surface area (Å²) in [5, 5.41) is 8.65. The third kappa shape index (κ3) is 6.92. The van der Waals surface area contributed by atoms with Crippen LogP contribution in [0.1, 0.15) is 18.9 Å². The number of amides is 1. The van der Waals surface area contributed by atoms with Crippen molar-refractivity contribution in [2.75, 3.05) is 13.2 Å². The SMILES string of the molecule is CC(=O)OC/C=C/CN(Cc1ccccc1)C(=O)CC#N. The van der Waals surface area contributed by atoms with Crippen molar-refractivity contribution >= 4 is 11.9 Å². The number of benzene rings is 1. The molecule has 1 rings (SSSR count). The first-order chi connectivity index (χ1) is 10.1. The average Bonchev–Trinajstić information content (AvgIpc) is 2.46. The van der Waals surface area contributed by atoms with Gasteiger partial charge in [0.1, 0.15) is 13.0 Å². The number of nitrogens with zero attached hydrogens (tertiary/aromatic N) is 2. The van der Waals surface area contributed by atoms with Crippen molar-refractivity contribution in [3.8, 4) is 6.07 Å². The van der Waals surface area contributed by atoms with Gasteiger partial charge in [-0.25, -0.2) is 0 Å². The minimum atomic E-state index is -0.346. The van der Waals surface area contributed by atoms with Gasteiger partial charge in [0, 0.05) is 20.0 Å². The third-order valence-corrected chi connectivity index (χ3v) is 2.67. The van der Waals surface area contributed by atoms with E-state index in [0.717, 1.165) is 5.56 Å². The lowest BCUT2D eigenvalue weighted by Crippen LogP contribution is -2.30. The fourth-order valence-corrected chi connectivity index (χ4v) is 1.67. The zero-order valence-electron chi connectivity index (χ0n) is 12.0. The Morgan fingerprint density at radius 3 is 2.62 bits per heavy atom. The Kier molecular flexibility index (Phi) is 7.30. The van der Waals surface area contributed by atoms with Crippen molar-refractivity contribution in [2.45, 2.75) is 19.9 Å². The predicted molar refractivity (Wildman–Crippen MR) is 77.9 cm³/mol. The molecule has 21 heavy (non-hydrogen) atoms. The number of carbonyl (C=O) groups excluding carboxylic acids is 2. The molecule has 0 bridgehead atoms.